The second kappa shape index (κ2) is 10.5. The van der Waals surface area contributed by atoms with Crippen molar-refractivity contribution in [2.24, 2.45) is 5.41 Å². The molecule has 33 heavy (non-hydrogen) atoms. The molecule has 0 radical (unpaired) electrons. The highest BCUT2D eigenvalue weighted by molar-refractivity contribution is 7.15. The maximum Gasteiger partial charge on any atom is 0.350 e. The largest absolute Gasteiger partial charge is 0.465 e. The molecule has 0 saturated carbocycles. The van der Waals surface area contributed by atoms with Crippen molar-refractivity contribution in [2.75, 3.05) is 32.1 Å². The molecule has 1 fully saturated rings. The number of benzene rings is 1. The van der Waals surface area contributed by atoms with E-state index in [0.717, 1.165) is 25.9 Å². The van der Waals surface area contributed by atoms with Gasteiger partial charge in [-0.25, -0.2) is 4.79 Å². The van der Waals surface area contributed by atoms with Crippen LogP contribution in [0.3, 0.4) is 0 Å². The molecule has 1 aliphatic heterocycles. The lowest BCUT2D eigenvalue weighted by molar-refractivity contribution is 0.0607. The fourth-order valence-electron chi connectivity index (χ4n) is 3.63. The molecule has 2 heterocycles. The van der Waals surface area contributed by atoms with E-state index in [9.17, 15) is 9.59 Å². The predicted octanol–water partition coefficient (Wildman–Crippen LogP) is 5.98. The van der Waals surface area contributed by atoms with Crippen LogP contribution in [-0.4, -0.2) is 50.1 Å². The zero-order valence-electron chi connectivity index (χ0n) is 19.5. The quantitative estimate of drug-likeness (QED) is 0.378. The van der Waals surface area contributed by atoms with Crippen LogP contribution in [0.1, 0.15) is 58.5 Å². The molecule has 1 aromatic heterocycles. The number of thiophene rings is 1. The smallest absolute Gasteiger partial charge is 0.350 e. The Bertz CT molecular complexity index is 1100. The van der Waals surface area contributed by atoms with Gasteiger partial charge in [0.05, 0.1) is 28.3 Å². The lowest BCUT2D eigenvalue weighted by Crippen LogP contribution is -2.47. The van der Waals surface area contributed by atoms with Gasteiger partial charge in [-0.1, -0.05) is 35.0 Å². The van der Waals surface area contributed by atoms with E-state index >= 15 is 0 Å². The molecule has 3 rings (SSSR count). The number of anilines is 1. The van der Waals surface area contributed by atoms with E-state index < -0.39 is 5.97 Å². The van der Waals surface area contributed by atoms with Crippen LogP contribution in [0.15, 0.2) is 24.3 Å². The highest BCUT2D eigenvalue weighted by Crippen LogP contribution is 2.36. The second-order valence-electron chi connectivity index (χ2n) is 9.15. The summed E-state index contributed by atoms with van der Waals surface area (Å²) < 4.78 is 5.05. The zero-order valence-corrected chi connectivity index (χ0v) is 21.8. The van der Waals surface area contributed by atoms with E-state index in [0.29, 0.717) is 26.0 Å². The first kappa shape index (κ1) is 25.6. The third-order valence-corrected chi connectivity index (χ3v) is 6.90. The molecule has 0 atom stereocenters. The number of likely N-dealkylation sites (tertiary alicyclic amines) is 1. The van der Waals surface area contributed by atoms with E-state index in [4.69, 9.17) is 27.9 Å². The number of nitrogens with zero attached hydrogens (tertiary/aromatic N) is 2. The van der Waals surface area contributed by atoms with Crippen LogP contribution in [0.5, 0.6) is 0 Å². The standard InChI is InChI=1S/C25H28Cl2N2O3S/c1-25(2,3)11-8-18-15-21(22(33-18)24(31)32-5)29(17-9-12-28(4)13-10-17)23(30)19-7-6-16(26)14-20(19)27/h6-7,14-15,17H,9-10,12-13H2,1-5H3. The molecule has 176 valence electrons. The van der Waals surface area contributed by atoms with Gasteiger partial charge in [-0.3, -0.25) is 4.79 Å². The van der Waals surface area contributed by atoms with Crippen LogP contribution in [-0.2, 0) is 4.74 Å². The molecule has 1 aliphatic rings. The monoisotopic (exact) mass is 506 g/mol. The number of hydrogen-bond acceptors (Lipinski definition) is 5. The average Bonchev–Trinajstić information content (AvgIpc) is 3.16. The minimum absolute atomic E-state index is 0.0955. The molecule has 1 saturated heterocycles. The highest BCUT2D eigenvalue weighted by Gasteiger charge is 2.34. The topological polar surface area (TPSA) is 49.9 Å². The molecule has 0 spiro atoms. The fourth-order valence-corrected chi connectivity index (χ4v) is 5.04. The number of ether oxygens (including phenoxy) is 1. The molecule has 1 aromatic carbocycles. The number of esters is 1. The van der Waals surface area contributed by atoms with Crippen molar-refractivity contribution < 1.29 is 14.3 Å². The first-order chi connectivity index (χ1) is 15.5. The molecule has 0 N–H and O–H groups in total. The van der Waals surface area contributed by atoms with Crippen molar-refractivity contribution >= 4 is 52.1 Å². The third kappa shape index (κ3) is 6.30. The van der Waals surface area contributed by atoms with Crippen molar-refractivity contribution in [2.45, 2.75) is 39.7 Å². The van der Waals surface area contributed by atoms with Gasteiger partial charge in [0.15, 0.2) is 0 Å². The number of carbonyl (C=O) groups excluding carboxylic acids is 2. The Labute approximate surface area is 209 Å². The van der Waals surface area contributed by atoms with Crippen LogP contribution >= 0.6 is 34.5 Å². The van der Waals surface area contributed by atoms with Crippen molar-refractivity contribution in [3.05, 3.63) is 49.6 Å². The van der Waals surface area contributed by atoms with Crippen molar-refractivity contribution in [3.8, 4) is 11.8 Å². The summed E-state index contributed by atoms with van der Waals surface area (Å²) in [6.45, 7) is 7.75. The normalized spacial score (nSPS) is 15.0. The molecule has 0 bridgehead atoms. The molecule has 0 unspecified atom stereocenters. The molecule has 8 heteroatoms. The van der Waals surface area contributed by atoms with Gasteiger partial charge in [-0.2, -0.15) is 0 Å². The second-order valence-corrected chi connectivity index (χ2v) is 11.0. The Morgan fingerprint density at radius 3 is 2.42 bits per heavy atom. The number of rotatable bonds is 4. The zero-order chi connectivity index (χ0) is 24.3. The van der Waals surface area contributed by atoms with E-state index in [2.05, 4.69) is 23.8 Å². The van der Waals surface area contributed by atoms with Crippen LogP contribution in [0.25, 0.3) is 0 Å². The Morgan fingerprint density at radius 2 is 1.85 bits per heavy atom. The van der Waals surface area contributed by atoms with Crippen LogP contribution < -0.4 is 4.90 Å². The van der Waals surface area contributed by atoms with Gasteiger partial charge in [0.2, 0.25) is 0 Å². The number of amides is 1. The Kier molecular flexibility index (Phi) is 8.13. The number of halogens is 2. The van der Waals surface area contributed by atoms with E-state index in [1.54, 1.807) is 23.1 Å². The molecule has 2 aromatic rings. The summed E-state index contributed by atoms with van der Waals surface area (Å²) in [4.78, 5) is 31.5. The average molecular weight is 507 g/mol. The Morgan fingerprint density at radius 1 is 1.18 bits per heavy atom. The number of piperidine rings is 1. The lowest BCUT2D eigenvalue weighted by Gasteiger charge is -2.37. The summed E-state index contributed by atoms with van der Waals surface area (Å²) in [5.41, 5.74) is 0.649. The minimum atomic E-state index is -0.494. The van der Waals surface area contributed by atoms with Gasteiger partial charge >= 0.3 is 5.97 Å². The predicted molar refractivity (Wildman–Crippen MR) is 136 cm³/mol. The summed E-state index contributed by atoms with van der Waals surface area (Å²) in [6, 6.07) is 6.54. The van der Waals surface area contributed by atoms with Crippen LogP contribution in [0.4, 0.5) is 5.69 Å². The Hall–Kier alpha value is -2.04. The first-order valence-corrected chi connectivity index (χ1v) is 12.3. The van der Waals surface area contributed by atoms with Gasteiger partial charge in [0.1, 0.15) is 4.88 Å². The van der Waals surface area contributed by atoms with Crippen molar-refractivity contribution in [1.29, 1.82) is 0 Å². The molecule has 1 amide bonds. The van der Waals surface area contributed by atoms with E-state index in [1.165, 1.54) is 18.4 Å². The van der Waals surface area contributed by atoms with Crippen LogP contribution in [0.2, 0.25) is 10.0 Å². The Balaban J connectivity index is 2.14. The summed E-state index contributed by atoms with van der Waals surface area (Å²) in [7, 11) is 3.40. The molecule has 5 nitrogen and oxygen atoms in total. The molecule has 0 aliphatic carbocycles. The number of hydrogen-bond donors (Lipinski definition) is 0. The SMILES string of the molecule is COC(=O)c1sc(C#CC(C)(C)C)cc1N(C(=O)c1ccc(Cl)cc1Cl)C1CCN(C)CC1. The fraction of sp³-hybridized carbons (Fsp3) is 0.440. The summed E-state index contributed by atoms with van der Waals surface area (Å²) in [6.07, 6.45) is 1.54. The summed E-state index contributed by atoms with van der Waals surface area (Å²) in [5.74, 6) is 5.59. The van der Waals surface area contributed by atoms with Gasteiger partial charge in [-0.15, -0.1) is 11.3 Å². The summed E-state index contributed by atoms with van der Waals surface area (Å²) in [5, 5.41) is 0.723. The van der Waals surface area contributed by atoms with Gasteiger partial charge < -0.3 is 14.5 Å². The van der Waals surface area contributed by atoms with Crippen molar-refractivity contribution in [3.63, 3.8) is 0 Å². The maximum absolute atomic E-state index is 13.8. The first-order valence-electron chi connectivity index (χ1n) is 10.7. The minimum Gasteiger partial charge on any atom is -0.465 e. The lowest BCUT2D eigenvalue weighted by atomic mass is 9.98. The third-order valence-electron chi connectivity index (χ3n) is 5.34. The van der Waals surface area contributed by atoms with Crippen LogP contribution in [0, 0.1) is 17.3 Å². The summed E-state index contributed by atoms with van der Waals surface area (Å²) >= 11 is 13.7. The molecular weight excluding hydrogens is 479 g/mol. The number of carbonyl (C=O) groups is 2. The van der Waals surface area contributed by atoms with Gasteiger partial charge in [0.25, 0.3) is 5.91 Å². The molecular formula is C25H28Cl2N2O3S. The number of methoxy groups -OCH3 is 1. The van der Waals surface area contributed by atoms with Crippen molar-refractivity contribution in [1.82, 2.24) is 4.90 Å². The van der Waals surface area contributed by atoms with Gasteiger partial charge in [0, 0.05) is 16.5 Å². The maximum atomic E-state index is 13.8. The van der Waals surface area contributed by atoms with E-state index in [1.807, 2.05) is 26.8 Å². The van der Waals surface area contributed by atoms with Gasteiger partial charge in [-0.05, 0) is 78.0 Å². The van der Waals surface area contributed by atoms with E-state index in [-0.39, 0.29) is 22.4 Å². The highest BCUT2D eigenvalue weighted by atomic mass is 35.5.